The maximum Gasteiger partial charge on any atom is 0.227 e. The van der Waals surface area contributed by atoms with E-state index < -0.39 is 0 Å². The number of rotatable bonds is 4. The monoisotopic (exact) mass is 227 g/mol. The van der Waals surface area contributed by atoms with Crippen molar-refractivity contribution < 1.29 is 9.59 Å². The minimum atomic E-state index is -0.186. The molecule has 0 spiro atoms. The van der Waals surface area contributed by atoms with Crippen molar-refractivity contribution >= 4 is 28.2 Å². The first kappa shape index (κ1) is 11.8. The van der Waals surface area contributed by atoms with Crippen LogP contribution < -0.4 is 11.1 Å². The molecule has 1 rings (SSSR count). The quantitative estimate of drug-likeness (QED) is 0.752. The molecule has 0 radical (unpaired) electrons. The zero-order valence-electron chi connectivity index (χ0n) is 8.61. The summed E-state index contributed by atoms with van der Waals surface area (Å²) in [5.74, 6) is -0.298. The van der Waals surface area contributed by atoms with Crippen molar-refractivity contribution in [3.05, 3.63) is 11.1 Å². The molecule has 0 saturated carbocycles. The molecule has 0 unspecified atom stereocenters. The molecule has 6 heteroatoms. The van der Waals surface area contributed by atoms with Gasteiger partial charge in [-0.05, 0) is 6.92 Å². The summed E-state index contributed by atoms with van der Waals surface area (Å²) in [6.07, 6.45) is 0.245. The van der Waals surface area contributed by atoms with E-state index in [9.17, 15) is 9.59 Å². The highest BCUT2D eigenvalue weighted by Crippen LogP contribution is 2.15. The van der Waals surface area contributed by atoms with Gasteiger partial charge in [0.2, 0.25) is 5.91 Å². The van der Waals surface area contributed by atoms with E-state index in [-0.39, 0.29) is 24.2 Å². The van der Waals surface area contributed by atoms with Crippen LogP contribution in [0.1, 0.15) is 30.8 Å². The van der Waals surface area contributed by atoms with Crippen molar-refractivity contribution in [2.24, 2.45) is 5.73 Å². The van der Waals surface area contributed by atoms with E-state index >= 15 is 0 Å². The number of ketones is 1. The van der Waals surface area contributed by atoms with Crippen LogP contribution >= 0.6 is 11.3 Å². The number of carbonyl (C=O) groups excluding carboxylic acids is 2. The highest BCUT2D eigenvalue weighted by atomic mass is 32.1. The SMILES string of the molecule is CC(=O)c1csc(NC(=O)C[C@@H](C)N)n1. The second kappa shape index (κ2) is 4.99. The summed E-state index contributed by atoms with van der Waals surface area (Å²) >= 11 is 1.23. The van der Waals surface area contributed by atoms with Gasteiger partial charge < -0.3 is 11.1 Å². The van der Waals surface area contributed by atoms with Gasteiger partial charge in [0.15, 0.2) is 10.9 Å². The summed E-state index contributed by atoms with van der Waals surface area (Å²) in [5.41, 5.74) is 5.84. The first-order chi connectivity index (χ1) is 6.99. The lowest BCUT2D eigenvalue weighted by molar-refractivity contribution is -0.116. The topological polar surface area (TPSA) is 85.1 Å². The molecule has 1 atom stereocenters. The van der Waals surface area contributed by atoms with E-state index in [0.29, 0.717) is 10.8 Å². The van der Waals surface area contributed by atoms with Crippen LogP contribution in [0.25, 0.3) is 0 Å². The van der Waals surface area contributed by atoms with Gasteiger partial charge in [-0.1, -0.05) is 0 Å². The summed E-state index contributed by atoms with van der Waals surface area (Å²) in [6, 6.07) is -0.183. The Labute approximate surface area is 91.7 Å². The van der Waals surface area contributed by atoms with Gasteiger partial charge in [0.05, 0.1) is 0 Å². The lowest BCUT2D eigenvalue weighted by atomic mass is 10.2. The summed E-state index contributed by atoms with van der Waals surface area (Å²) in [5, 5.41) is 4.64. The molecule has 1 aromatic rings. The van der Waals surface area contributed by atoms with Gasteiger partial charge in [0, 0.05) is 24.8 Å². The molecule has 5 nitrogen and oxygen atoms in total. The zero-order chi connectivity index (χ0) is 11.4. The summed E-state index contributed by atoms with van der Waals surface area (Å²) < 4.78 is 0. The summed E-state index contributed by atoms with van der Waals surface area (Å²) in [6.45, 7) is 3.19. The predicted molar refractivity (Wildman–Crippen MR) is 59.0 cm³/mol. The molecule has 82 valence electrons. The van der Waals surface area contributed by atoms with Crippen LogP contribution in [0.4, 0.5) is 5.13 Å². The minimum absolute atomic E-state index is 0.112. The first-order valence-electron chi connectivity index (χ1n) is 4.51. The van der Waals surface area contributed by atoms with Gasteiger partial charge in [-0.3, -0.25) is 9.59 Å². The number of thiazole rings is 1. The number of hydrogen-bond donors (Lipinski definition) is 2. The number of amides is 1. The number of anilines is 1. The van der Waals surface area contributed by atoms with E-state index in [1.807, 2.05) is 0 Å². The Morgan fingerprint density at radius 1 is 1.67 bits per heavy atom. The summed E-state index contributed by atoms with van der Waals surface area (Å²) in [7, 11) is 0. The van der Waals surface area contributed by atoms with Gasteiger partial charge in [-0.2, -0.15) is 0 Å². The molecule has 1 amide bonds. The van der Waals surface area contributed by atoms with E-state index in [1.54, 1.807) is 12.3 Å². The first-order valence-corrected chi connectivity index (χ1v) is 5.39. The fourth-order valence-electron chi connectivity index (χ4n) is 0.956. The van der Waals surface area contributed by atoms with Crippen molar-refractivity contribution in [1.29, 1.82) is 0 Å². The second-order valence-electron chi connectivity index (χ2n) is 3.32. The number of aromatic nitrogens is 1. The maximum atomic E-state index is 11.3. The molecule has 0 fully saturated rings. The minimum Gasteiger partial charge on any atom is -0.327 e. The molecule has 0 aromatic carbocycles. The Morgan fingerprint density at radius 3 is 2.80 bits per heavy atom. The Balaban J connectivity index is 2.57. The van der Waals surface area contributed by atoms with E-state index in [1.165, 1.54) is 18.3 Å². The standard InChI is InChI=1S/C9H13N3O2S/c1-5(10)3-8(14)12-9-11-7(4-15-9)6(2)13/h4-5H,3,10H2,1-2H3,(H,11,12,14)/t5-/m1/s1. The molecule has 15 heavy (non-hydrogen) atoms. The summed E-state index contributed by atoms with van der Waals surface area (Å²) in [4.78, 5) is 26.2. The number of nitrogens with one attached hydrogen (secondary N) is 1. The molecule has 1 aromatic heterocycles. The predicted octanol–water partition coefficient (Wildman–Crippen LogP) is 1.02. The van der Waals surface area contributed by atoms with Crippen molar-refractivity contribution in [2.45, 2.75) is 26.3 Å². The molecular formula is C9H13N3O2S. The molecule has 1 heterocycles. The number of nitrogens with zero attached hydrogens (tertiary/aromatic N) is 1. The second-order valence-corrected chi connectivity index (χ2v) is 4.18. The fourth-order valence-corrected chi connectivity index (χ4v) is 1.72. The van der Waals surface area contributed by atoms with Gasteiger partial charge in [0.1, 0.15) is 5.69 Å². The van der Waals surface area contributed by atoms with Crippen LogP contribution in [-0.2, 0) is 4.79 Å². The van der Waals surface area contributed by atoms with Crippen LogP contribution in [0.2, 0.25) is 0 Å². The van der Waals surface area contributed by atoms with Crippen molar-refractivity contribution in [3.63, 3.8) is 0 Å². The van der Waals surface area contributed by atoms with E-state index in [4.69, 9.17) is 5.73 Å². The smallest absolute Gasteiger partial charge is 0.227 e. The zero-order valence-corrected chi connectivity index (χ0v) is 9.43. The third-order valence-electron chi connectivity index (χ3n) is 1.62. The Hall–Kier alpha value is -1.27. The van der Waals surface area contributed by atoms with E-state index in [2.05, 4.69) is 10.3 Å². The third kappa shape index (κ3) is 3.77. The highest BCUT2D eigenvalue weighted by molar-refractivity contribution is 7.14. The molecular weight excluding hydrogens is 214 g/mol. The lowest BCUT2D eigenvalue weighted by Crippen LogP contribution is -2.23. The maximum absolute atomic E-state index is 11.3. The average Bonchev–Trinajstić information content (AvgIpc) is 2.50. The van der Waals surface area contributed by atoms with Crippen LogP contribution in [0.5, 0.6) is 0 Å². The molecule has 0 aliphatic rings. The Bertz CT molecular complexity index is 373. The molecule has 0 aliphatic carbocycles. The highest BCUT2D eigenvalue weighted by Gasteiger charge is 2.10. The van der Waals surface area contributed by atoms with Crippen LogP contribution in [0.15, 0.2) is 5.38 Å². The van der Waals surface area contributed by atoms with Gasteiger partial charge >= 0.3 is 0 Å². The van der Waals surface area contributed by atoms with Crippen LogP contribution in [0, 0.1) is 0 Å². The number of Topliss-reactive ketones (excluding diaryl/α,β-unsaturated/α-hetero) is 1. The largest absolute Gasteiger partial charge is 0.327 e. The van der Waals surface area contributed by atoms with Gasteiger partial charge in [0.25, 0.3) is 0 Å². The Kier molecular flexibility index (Phi) is 3.93. The van der Waals surface area contributed by atoms with E-state index in [0.717, 1.165) is 0 Å². The van der Waals surface area contributed by atoms with Gasteiger partial charge in [-0.15, -0.1) is 11.3 Å². The number of carbonyl (C=O) groups is 2. The average molecular weight is 227 g/mol. The third-order valence-corrected chi connectivity index (χ3v) is 2.38. The number of hydrogen-bond acceptors (Lipinski definition) is 5. The molecule has 0 bridgehead atoms. The van der Waals surface area contributed by atoms with Crippen molar-refractivity contribution in [1.82, 2.24) is 4.98 Å². The van der Waals surface area contributed by atoms with Crippen molar-refractivity contribution in [2.75, 3.05) is 5.32 Å². The molecule has 0 saturated heterocycles. The van der Waals surface area contributed by atoms with Crippen LogP contribution in [0.3, 0.4) is 0 Å². The molecule has 3 N–H and O–H groups in total. The fraction of sp³-hybridized carbons (Fsp3) is 0.444. The van der Waals surface area contributed by atoms with Gasteiger partial charge in [-0.25, -0.2) is 4.98 Å². The molecule has 0 aliphatic heterocycles. The number of nitrogens with two attached hydrogens (primary N) is 1. The van der Waals surface area contributed by atoms with Crippen molar-refractivity contribution in [3.8, 4) is 0 Å². The Morgan fingerprint density at radius 2 is 2.33 bits per heavy atom. The normalized spacial score (nSPS) is 12.2. The lowest BCUT2D eigenvalue weighted by Gasteiger charge is -2.03. The van der Waals surface area contributed by atoms with Crippen LogP contribution in [-0.4, -0.2) is 22.7 Å².